The molecule has 0 saturated heterocycles. The van der Waals surface area contributed by atoms with E-state index in [1.165, 1.54) is 0 Å². The molecule has 1 aromatic heterocycles. The van der Waals surface area contributed by atoms with Gasteiger partial charge in [-0.1, -0.05) is 0 Å². The van der Waals surface area contributed by atoms with Gasteiger partial charge in [-0.2, -0.15) is 20.8 Å². The van der Waals surface area contributed by atoms with Gasteiger partial charge in [0, 0.05) is 0 Å². The van der Waals surface area contributed by atoms with E-state index in [-0.39, 0.29) is 17.9 Å². The van der Waals surface area contributed by atoms with Gasteiger partial charge in [0.25, 0.3) is 5.95 Å². The summed E-state index contributed by atoms with van der Waals surface area (Å²) in [5.74, 6) is 4.50. The monoisotopic (exact) mass is 158 g/mol. The fourth-order valence-corrected chi connectivity index (χ4v) is 0.475. The van der Waals surface area contributed by atoms with Crippen LogP contribution in [0.4, 0.5) is 11.9 Å². The molecule has 11 heavy (non-hydrogen) atoms. The lowest BCUT2D eigenvalue weighted by atomic mass is 10.9. The highest BCUT2D eigenvalue weighted by atomic mass is 16.6. The molecule has 6 N–H and O–H groups in total. The van der Waals surface area contributed by atoms with Gasteiger partial charge < -0.3 is 10.6 Å². The number of aromatic nitrogens is 3. The highest BCUT2D eigenvalue weighted by molar-refractivity contribution is 5.29. The Balaban J connectivity index is 3.02. The van der Waals surface area contributed by atoms with Crippen LogP contribution in [-0.4, -0.2) is 20.2 Å². The number of anilines is 2. The minimum atomic E-state index is -0.172. The van der Waals surface area contributed by atoms with E-state index in [1.54, 1.807) is 5.48 Å². The second-order valence-electron chi connectivity index (χ2n) is 1.53. The number of nitrogens with one attached hydrogen (secondary N) is 1. The Labute approximate surface area is 61.1 Å². The quantitative estimate of drug-likeness (QED) is 0.382. The zero-order valence-corrected chi connectivity index (χ0v) is 5.35. The summed E-state index contributed by atoms with van der Waals surface area (Å²) in [5.41, 5.74) is 6.83. The van der Waals surface area contributed by atoms with Crippen LogP contribution in [0, 0.1) is 0 Å². The molecule has 0 atom stereocenters. The minimum Gasteiger partial charge on any atom is -0.371 e. The van der Waals surface area contributed by atoms with Crippen LogP contribution in [0.3, 0.4) is 0 Å². The Morgan fingerprint density at radius 3 is 2.64 bits per heavy atom. The van der Waals surface area contributed by atoms with Gasteiger partial charge in [0.1, 0.15) is 0 Å². The molecule has 0 spiro atoms. The molecule has 1 heterocycles. The lowest BCUT2D eigenvalue weighted by molar-refractivity contribution is 0.303. The van der Waals surface area contributed by atoms with E-state index in [0.29, 0.717) is 0 Å². The summed E-state index contributed by atoms with van der Waals surface area (Å²) in [6, 6.07) is -0.172. The number of hydrogen-bond donors (Lipinski definition) is 4. The molecule has 0 bridgehead atoms. The number of hydrogen-bond acceptors (Lipinski definition) is 8. The van der Waals surface area contributed by atoms with Crippen LogP contribution < -0.4 is 21.9 Å². The third-order valence-electron chi connectivity index (χ3n) is 0.838. The van der Waals surface area contributed by atoms with Gasteiger partial charge in [-0.3, -0.25) is 5.21 Å². The summed E-state index contributed by atoms with van der Waals surface area (Å²) in [6.45, 7) is 0. The van der Waals surface area contributed by atoms with Gasteiger partial charge in [0.05, 0.1) is 0 Å². The fraction of sp³-hybridized carbons (Fsp3) is 0. The number of nitrogen functional groups attached to an aromatic ring is 1. The van der Waals surface area contributed by atoms with E-state index in [4.69, 9.17) is 16.8 Å². The van der Waals surface area contributed by atoms with Gasteiger partial charge in [0.15, 0.2) is 0 Å². The van der Waals surface area contributed by atoms with Crippen LogP contribution in [0.15, 0.2) is 0 Å². The van der Waals surface area contributed by atoms with Gasteiger partial charge in [-0.05, 0) is 0 Å². The summed E-state index contributed by atoms with van der Waals surface area (Å²) < 4.78 is 0. The number of rotatable bonds is 2. The number of nitrogens with zero attached hydrogens (tertiary/aromatic N) is 3. The maximum Gasteiger partial charge on any atom is 0.342 e. The smallest absolute Gasteiger partial charge is 0.342 e. The van der Waals surface area contributed by atoms with Crippen LogP contribution >= 0.6 is 0 Å². The Kier molecular flexibility index (Phi) is 1.99. The lowest BCUT2D eigenvalue weighted by Crippen LogP contribution is -2.10. The predicted octanol–water partition coefficient (Wildman–Crippen LogP) is -1.49. The molecule has 1 aromatic rings. The minimum absolute atomic E-state index is 0.1000. The van der Waals surface area contributed by atoms with Crippen molar-refractivity contribution in [3.8, 4) is 6.01 Å². The molecule has 0 aliphatic carbocycles. The molecule has 60 valence electrons. The molecule has 0 saturated carbocycles. The summed E-state index contributed by atoms with van der Waals surface area (Å²) >= 11 is 0. The van der Waals surface area contributed by atoms with E-state index in [9.17, 15) is 0 Å². The van der Waals surface area contributed by atoms with E-state index in [0.717, 1.165) is 0 Å². The molecular formula is C3H6N6O2. The third-order valence-corrected chi connectivity index (χ3v) is 0.838. The van der Waals surface area contributed by atoms with Crippen molar-refractivity contribution in [2.75, 3.05) is 11.2 Å². The second-order valence-corrected chi connectivity index (χ2v) is 1.53. The van der Waals surface area contributed by atoms with Crippen molar-refractivity contribution < 1.29 is 10.0 Å². The predicted molar refractivity (Wildman–Crippen MR) is 34.5 cm³/mol. The topological polar surface area (TPSA) is 132 Å². The zero-order chi connectivity index (χ0) is 8.27. The lowest BCUT2D eigenvalue weighted by Gasteiger charge is -1.99. The maximum absolute atomic E-state index is 8.33. The molecule has 0 amide bonds. The molecule has 8 nitrogen and oxygen atoms in total. The molecule has 0 unspecified atom stereocenters. The Morgan fingerprint density at radius 2 is 2.09 bits per heavy atom. The van der Waals surface area contributed by atoms with Gasteiger partial charge in [-0.15, -0.1) is 0 Å². The van der Waals surface area contributed by atoms with Gasteiger partial charge in [-0.25, -0.2) is 5.48 Å². The third kappa shape index (κ3) is 1.63. The molecular weight excluding hydrogens is 152 g/mol. The van der Waals surface area contributed by atoms with Gasteiger partial charge in [0.2, 0.25) is 5.95 Å². The first-order chi connectivity index (χ1) is 5.26. The Hall–Kier alpha value is -1.67. The van der Waals surface area contributed by atoms with Crippen LogP contribution in [0.2, 0.25) is 0 Å². The zero-order valence-electron chi connectivity index (χ0n) is 5.35. The van der Waals surface area contributed by atoms with Crippen molar-refractivity contribution in [3.05, 3.63) is 0 Å². The van der Waals surface area contributed by atoms with E-state index in [2.05, 4.69) is 19.8 Å². The molecule has 8 heteroatoms. The van der Waals surface area contributed by atoms with Crippen LogP contribution in [-0.2, 0) is 0 Å². The summed E-state index contributed by atoms with van der Waals surface area (Å²) in [5, 5.41) is 8.33. The summed E-state index contributed by atoms with van der Waals surface area (Å²) in [6.07, 6.45) is 0. The van der Waals surface area contributed by atoms with E-state index in [1.807, 2.05) is 0 Å². The first-order valence-corrected chi connectivity index (χ1v) is 2.54. The largest absolute Gasteiger partial charge is 0.371 e. The van der Waals surface area contributed by atoms with Crippen molar-refractivity contribution >= 4 is 11.9 Å². The standard InChI is InChI=1S/C3H6N6O2/c4-1-6-2(9-10)8-3(7-1)11-5/h10H,5H2,(H3,4,6,7,8,9). The molecule has 0 aliphatic rings. The van der Waals surface area contributed by atoms with Crippen molar-refractivity contribution in [1.29, 1.82) is 0 Å². The van der Waals surface area contributed by atoms with Gasteiger partial charge >= 0.3 is 6.01 Å². The van der Waals surface area contributed by atoms with Crippen molar-refractivity contribution in [3.63, 3.8) is 0 Å². The van der Waals surface area contributed by atoms with Crippen LogP contribution in [0.1, 0.15) is 0 Å². The molecule has 0 aliphatic heterocycles. The van der Waals surface area contributed by atoms with Crippen molar-refractivity contribution in [2.45, 2.75) is 0 Å². The highest BCUT2D eigenvalue weighted by Crippen LogP contribution is 2.05. The van der Waals surface area contributed by atoms with Crippen LogP contribution in [0.25, 0.3) is 0 Å². The van der Waals surface area contributed by atoms with E-state index < -0.39 is 0 Å². The van der Waals surface area contributed by atoms with E-state index >= 15 is 0 Å². The SMILES string of the molecule is NOc1nc(N)nc(NO)n1. The average molecular weight is 158 g/mol. The first kappa shape index (κ1) is 7.44. The van der Waals surface area contributed by atoms with Crippen molar-refractivity contribution in [1.82, 2.24) is 15.0 Å². The maximum atomic E-state index is 8.33. The summed E-state index contributed by atoms with van der Waals surface area (Å²) in [4.78, 5) is 14.5. The normalized spacial score (nSPS) is 9.27. The molecule has 0 aromatic carbocycles. The molecule has 1 rings (SSSR count). The second kappa shape index (κ2) is 2.94. The highest BCUT2D eigenvalue weighted by Gasteiger charge is 2.02. The number of nitrogens with two attached hydrogens (primary N) is 2. The molecule has 0 fully saturated rings. The first-order valence-electron chi connectivity index (χ1n) is 2.54. The molecule has 0 radical (unpaired) electrons. The average Bonchev–Trinajstić information content (AvgIpc) is 2.03. The fourth-order valence-electron chi connectivity index (χ4n) is 0.475. The Bertz CT molecular complexity index is 229. The van der Waals surface area contributed by atoms with Crippen molar-refractivity contribution in [2.24, 2.45) is 5.90 Å². The Morgan fingerprint density at radius 1 is 1.36 bits per heavy atom. The van der Waals surface area contributed by atoms with Crippen LogP contribution in [0.5, 0.6) is 6.01 Å². The summed E-state index contributed by atoms with van der Waals surface area (Å²) in [7, 11) is 0.